The van der Waals surface area contributed by atoms with Gasteiger partial charge in [0.25, 0.3) is 0 Å². The number of hydrogen-bond acceptors (Lipinski definition) is 2. The second kappa shape index (κ2) is 5.34. The largest absolute Gasteiger partial charge is 0.353 e. The minimum atomic E-state index is 0.0631. The van der Waals surface area contributed by atoms with Gasteiger partial charge < -0.3 is 9.88 Å². The average molecular weight is 286 g/mol. The average Bonchev–Trinajstić information content (AvgIpc) is 3.02. The molecule has 0 spiro atoms. The van der Waals surface area contributed by atoms with Crippen molar-refractivity contribution in [3.63, 3.8) is 0 Å². The summed E-state index contributed by atoms with van der Waals surface area (Å²) in [5, 5.41) is 8.36. The topological polar surface area (TPSA) is 34.8 Å². The summed E-state index contributed by atoms with van der Waals surface area (Å²) in [6.07, 6.45) is 7.76. The molecule has 2 heterocycles. The Bertz CT molecular complexity index is 615. The van der Waals surface area contributed by atoms with Crippen molar-refractivity contribution in [1.29, 1.82) is 0 Å². The molecule has 114 valence electrons. The van der Waals surface area contributed by atoms with Crippen LogP contribution < -0.4 is 5.32 Å². The summed E-state index contributed by atoms with van der Waals surface area (Å²) in [7, 11) is 2.10. The monoisotopic (exact) mass is 286 g/mol. The van der Waals surface area contributed by atoms with Gasteiger partial charge in [-0.1, -0.05) is 0 Å². The predicted molar refractivity (Wildman–Crippen MR) is 85.2 cm³/mol. The van der Waals surface area contributed by atoms with Crippen LogP contribution in [0.3, 0.4) is 0 Å². The molecule has 0 aromatic carbocycles. The highest BCUT2D eigenvalue weighted by Crippen LogP contribution is 2.32. The molecule has 4 nitrogen and oxygen atoms in total. The second-order valence-electron chi connectivity index (χ2n) is 7.07. The Kier molecular flexibility index (Phi) is 3.66. The van der Waals surface area contributed by atoms with Crippen molar-refractivity contribution in [3.8, 4) is 0 Å². The number of nitrogens with zero attached hydrogens (tertiary/aromatic N) is 3. The van der Waals surface area contributed by atoms with Crippen LogP contribution in [0.1, 0.15) is 56.6 Å². The molecule has 0 radical (unpaired) electrons. The standard InChI is InChI=1S/C17H26N4/c1-17(2,3)21-16-9-5-8-15(14(16)12-19-21)18-11-13-7-6-10-20(13)4/h6-7,10,12,15,18H,5,8-9,11H2,1-4H3. The maximum atomic E-state index is 4.65. The van der Waals surface area contributed by atoms with Gasteiger partial charge in [-0.15, -0.1) is 0 Å². The van der Waals surface area contributed by atoms with E-state index in [1.54, 1.807) is 0 Å². The van der Waals surface area contributed by atoms with Crippen molar-refractivity contribution < 1.29 is 0 Å². The Balaban J connectivity index is 1.78. The van der Waals surface area contributed by atoms with Gasteiger partial charge in [0.2, 0.25) is 0 Å². The highest BCUT2D eigenvalue weighted by Gasteiger charge is 2.27. The van der Waals surface area contributed by atoms with E-state index in [9.17, 15) is 0 Å². The molecule has 2 aromatic rings. The van der Waals surface area contributed by atoms with Gasteiger partial charge in [0.15, 0.2) is 0 Å². The van der Waals surface area contributed by atoms with E-state index >= 15 is 0 Å². The molecule has 21 heavy (non-hydrogen) atoms. The van der Waals surface area contributed by atoms with Crippen molar-refractivity contribution in [1.82, 2.24) is 19.7 Å². The Morgan fingerprint density at radius 1 is 1.38 bits per heavy atom. The summed E-state index contributed by atoms with van der Waals surface area (Å²) >= 11 is 0. The molecule has 2 aromatic heterocycles. The van der Waals surface area contributed by atoms with Crippen molar-refractivity contribution in [2.75, 3.05) is 0 Å². The lowest BCUT2D eigenvalue weighted by Crippen LogP contribution is -2.29. The Labute approximate surface area is 127 Å². The van der Waals surface area contributed by atoms with Crippen LogP contribution in [0.2, 0.25) is 0 Å². The van der Waals surface area contributed by atoms with E-state index in [0.717, 1.165) is 13.0 Å². The molecule has 0 saturated heterocycles. The number of hydrogen-bond donors (Lipinski definition) is 1. The van der Waals surface area contributed by atoms with E-state index in [-0.39, 0.29) is 5.54 Å². The molecule has 1 aliphatic rings. The van der Waals surface area contributed by atoms with Crippen LogP contribution in [-0.4, -0.2) is 14.3 Å². The number of aryl methyl sites for hydroxylation is 1. The first-order valence-corrected chi connectivity index (χ1v) is 7.87. The normalized spacial score (nSPS) is 18.8. The summed E-state index contributed by atoms with van der Waals surface area (Å²) in [6, 6.07) is 4.70. The van der Waals surface area contributed by atoms with Gasteiger partial charge in [0.1, 0.15) is 0 Å². The Morgan fingerprint density at radius 2 is 2.19 bits per heavy atom. The first-order valence-electron chi connectivity index (χ1n) is 7.87. The number of nitrogens with one attached hydrogen (secondary N) is 1. The molecule has 0 saturated carbocycles. The molecule has 4 heteroatoms. The van der Waals surface area contributed by atoms with Gasteiger partial charge in [-0.25, -0.2) is 0 Å². The lowest BCUT2D eigenvalue weighted by molar-refractivity contribution is 0.334. The van der Waals surface area contributed by atoms with Crippen molar-refractivity contribution in [2.45, 2.75) is 58.2 Å². The van der Waals surface area contributed by atoms with Crippen molar-refractivity contribution >= 4 is 0 Å². The fourth-order valence-electron chi connectivity index (χ4n) is 3.25. The summed E-state index contributed by atoms with van der Waals surface area (Å²) in [6.45, 7) is 7.58. The number of fused-ring (bicyclic) bond motifs is 1. The molecule has 3 rings (SSSR count). The smallest absolute Gasteiger partial charge is 0.0546 e. The second-order valence-corrected chi connectivity index (χ2v) is 7.07. The minimum absolute atomic E-state index is 0.0631. The quantitative estimate of drug-likeness (QED) is 0.940. The lowest BCUT2D eigenvalue weighted by atomic mass is 9.92. The molecule has 1 N–H and O–H groups in total. The first-order chi connectivity index (χ1) is 9.97. The maximum Gasteiger partial charge on any atom is 0.0546 e. The zero-order chi connectivity index (χ0) is 15.0. The van der Waals surface area contributed by atoms with Gasteiger partial charge in [0, 0.05) is 42.8 Å². The van der Waals surface area contributed by atoms with Gasteiger partial charge in [-0.05, 0) is 52.2 Å². The summed E-state index contributed by atoms with van der Waals surface area (Å²) in [4.78, 5) is 0. The van der Waals surface area contributed by atoms with Crippen molar-refractivity contribution in [3.05, 3.63) is 41.5 Å². The van der Waals surface area contributed by atoms with Gasteiger partial charge in [-0.2, -0.15) is 5.10 Å². The fraction of sp³-hybridized carbons (Fsp3) is 0.588. The van der Waals surface area contributed by atoms with E-state index in [4.69, 9.17) is 0 Å². The van der Waals surface area contributed by atoms with Crippen molar-refractivity contribution in [2.24, 2.45) is 7.05 Å². The van der Waals surface area contributed by atoms with Crippen LogP contribution in [0.25, 0.3) is 0 Å². The summed E-state index contributed by atoms with van der Waals surface area (Å²) < 4.78 is 4.38. The van der Waals surface area contributed by atoms with Gasteiger partial charge in [-0.3, -0.25) is 4.68 Å². The molecule has 1 unspecified atom stereocenters. The third-order valence-corrected chi connectivity index (χ3v) is 4.40. The number of rotatable bonds is 3. The van der Waals surface area contributed by atoms with Crippen LogP contribution >= 0.6 is 0 Å². The van der Waals surface area contributed by atoms with Crippen LogP contribution in [-0.2, 0) is 25.6 Å². The summed E-state index contributed by atoms with van der Waals surface area (Å²) in [5.41, 5.74) is 4.20. The lowest BCUT2D eigenvalue weighted by Gasteiger charge is -2.28. The molecule has 1 atom stereocenters. The summed E-state index contributed by atoms with van der Waals surface area (Å²) in [5.74, 6) is 0. The molecule has 1 aliphatic carbocycles. The molecule has 0 amide bonds. The highest BCUT2D eigenvalue weighted by atomic mass is 15.3. The van der Waals surface area contributed by atoms with E-state index in [1.165, 1.54) is 29.8 Å². The molecule has 0 fully saturated rings. The van der Waals surface area contributed by atoms with E-state index in [0.29, 0.717) is 6.04 Å². The van der Waals surface area contributed by atoms with Crippen LogP contribution in [0.4, 0.5) is 0 Å². The SMILES string of the molecule is Cn1cccc1CNC1CCCc2c1cnn2C(C)(C)C. The minimum Gasteiger partial charge on any atom is -0.353 e. The van der Waals surface area contributed by atoms with E-state index < -0.39 is 0 Å². The van der Waals surface area contributed by atoms with Crippen LogP contribution in [0.5, 0.6) is 0 Å². The van der Waals surface area contributed by atoms with Gasteiger partial charge >= 0.3 is 0 Å². The van der Waals surface area contributed by atoms with Crippen LogP contribution in [0, 0.1) is 0 Å². The molecule has 0 aliphatic heterocycles. The van der Waals surface area contributed by atoms with E-state index in [2.05, 4.69) is 72.0 Å². The van der Waals surface area contributed by atoms with E-state index in [1.807, 2.05) is 0 Å². The maximum absolute atomic E-state index is 4.65. The van der Waals surface area contributed by atoms with Gasteiger partial charge in [0.05, 0.1) is 11.7 Å². The predicted octanol–water partition coefficient (Wildman–Crippen LogP) is 3.14. The highest BCUT2D eigenvalue weighted by molar-refractivity contribution is 5.26. The Morgan fingerprint density at radius 3 is 2.86 bits per heavy atom. The zero-order valence-corrected chi connectivity index (χ0v) is 13.6. The molecule has 0 bridgehead atoms. The van der Waals surface area contributed by atoms with Crippen LogP contribution in [0.15, 0.2) is 24.5 Å². The molecular formula is C17H26N4. The third kappa shape index (κ3) is 2.77. The first kappa shape index (κ1) is 14.4. The Hall–Kier alpha value is -1.55. The zero-order valence-electron chi connectivity index (χ0n) is 13.6. The number of aromatic nitrogens is 3. The third-order valence-electron chi connectivity index (χ3n) is 4.40. The molecular weight excluding hydrogens is 260 g/mol. The fourth-order valence-corrected chi connectivity index (χ4v) is 3.25.